The number of ketones is 1. The van der Waals surface area contributed by atoms with E-state index in [-0.39, 0.29) is 11.5 Å². The molecule has 1 amide bonds. The molecule has 1 N–H and O–H groups in total. The molecule has 2 heterocycles. The fourth-order valence-corrected chi connectivity index (χ4v) is 4.36. The molecule has 2 aromatic carbocycles. The maximum absolute atomic E-state index is 13.7. The van der Waals surface area contributed by atoms with E-state index in [0.717, 1.165) is 33.4 Å². The minimum Gasteiger partial charge on any atom is -0.478 e. The summed E-state index contributed by atoms with van der Waals surface area (Å²) in [6.07, 6.45) is 0.122. The van der Waals surface area contributed by atoms with E-state index in [2.05, 4.69) is 0 Å². The van der Waals surface area contributed by atoms with Gasteiger partial charge in [0.2, 0.25) is 5.78 Å². The Bertz CT molecular complexity index is 1160. The van der Waals surface area contributed by atoms with E-state index in [1.165, 1.54) is 0 Å². The van der Waals surface area contributed by atoms with E-state index >= 15 is 0 Å². The summed E-state index contributed by atoms with van der Waals surface area (Å²) in [5, 5.41) is 10.2. The summed E-state index contributed by atoms with van der Waals surface area (Å²) in [4.78, 5) is 37.9. The first-order valence-corrected chi connectivity index (χ1v) is 10.4. The number of halogens is 1. The lowest BCUT2D eigenvalue weighted by Gasteiger charge is -2.28. The van der Waals surface area contributed by atoms with Crippen LogP contribution in [0.15, 0.2) is 53.9 Å². The van der Waals surface area contributed by atoms with Crippen molar-refractivity contribution in [1.82, 2.24) is 4.90 Å². The van der Waals surface area contributed by atoms with Gasteiger partial charge in [-0.05, 0) is 29.2 Å². The molecule has 0 unspecified atom stereocenters. The number of ether oxygens (including phenoxy) is 1. The first-order valence-electron chi connectivity index (χ1n) is 9.56. The zero-order valence-electron chi connectivity index (χ0n) is 16.3. The second-order valence-electron chi connectivity index (χ2n) is 7.12. The molecular weight excluding hydrogens is 421 g/mol. The highest BCUT2D eigenvalue weighted by Crippen LogP contribution is 2.27. The smallest absolute Gasteiger partial charge is 0.410 e. The molecule has 1 aliphatic rings. The zero-order valence-corrected chi connectivity index (χ0v) is 17.2. The molecule has 6 nitrogen and oxygen atoms in total. The summed E-state index contributed by atoms with van der Waals surface area (Å²) in [6.45, 7) is 0.984. The second kappa shape index (κ2) is 8.69. The van der Waals surface area contributed by atoms with Crippen LogP contribution in [0.25, 0.3) is 0 Å². The van der Waals surface area contributed by atoms with Crippen molar-refractivity contribution in [1.29, 1.82) is 0 Å². The monoisotopic (exact) mass is 439 g/mol. The van der Waals surface area contributed by atoms with Gasteiger partial charge in [0.05, 0.1) is 4.88 Å². The molecule has 1 aliphatic heterocycles. The molecule has 0 atom stereocenters. The van der Waals surface area contributed by atoms with Crippen molar-refractivity contribution in [2.75, 3.05) is 6.54 Å². The molecule has 158 valence electrons. The van der Waals surface area contributed by atoms with Crippen molar-refractivity contribution in [2.45, 2.75) is 19.6 Å². The standard InChI is InChI=1S/C23H18FNO5S/c24-18-13-31-21(19(18)22(27)28)20(26)16-6-7-17-11-25(9-8-15(17)10-16)23(29)30-12-14-4-2-1-3-5-14/h1-7,10,13H,8-9,11-12H2,(H,27,28). The predicted octanol–water partition coefficient (Wildman–Crippen LogP) is 4.51. The molecule has 0 spiro atoms. The number of fused-ring (bicyclic) bond motifs is 1. The van der Waals surface area contributed by atoms with Gasteiger partial charge in [-0.1, -0.05) is 42.5 Å². The lowest BCUT2D eigenvalue weighted by atomic mass is 9.95. The fourth-order valence-electron chi connectivity index (χ4n) is 3.50. The number of rotatable bonds is 5. The van der Waals surface area contributed by atoms with Gasteiger partial charge in [0.25, 0.3) is 0 Å². The number of aromatic carboxylic acids is 1. The van der Waals surface area contributed by atoms with Gasteiger partial charge < -0.3 is 14.7 Å². The Hall–Kier alpha value is -3.52. The summed E-state index contributed by atoms with van der Waals surface area (Å²) < 4.78 is 19.1. The van der Waals surface area contributed by atoms with E-state index < -0.39 is 29.2 Å². The second-order valence-corrected chi connectivity index (χ2v) is 8.00. The van der Waals surface area contributed by atoms with Crippen molar-refractivity contribution in [3.63, 3.8) is 0 Å². The highest BCUT2D eigenvalue weighted by Gasteiger charge is 2.26. The van der Waals surface area contributed by atoms with Gasteiger partial charge >= 0.3 is 12.1 Å². The topological polar surface area (TPSA) is 83.9 Å². The average Bonchev–Trinajstić information content (AvgIpc) is 3.18. The van der Waals surface area contributed by atoms with Gasteiger partial charge in [0.15, 0.2) is 0 Å². The maximum atomic E-state index is 13.7. The van der Waals surface area contributed by atoms with Crippen LogP contribution in [0, 0.1) is 5.82 Å². The molecule has 3 aromatic rings. The molecule has 0 saturated carbocycles. The lowest BCUT2D eigenvalue weighted by Crippen LogP contribution is -2.36. The van der Waals surface area contributed by atoms with Crippen LogP contribution in [0.1, 0.15) is 42.3 Å². The van der Waals surface area contributed by atoms with Gasteiger partial charge in [-0.25, -0.2) is 14.0 Å². The molecule has 8 heteroatoms. The predicted molar refractivity (Wildman–Crippen MR) is 112 cm³/mol. The number of carbonyl (C=O) groups excluding carboxylic acids is 2. The molecule has 0 saturated heterocycles. The molecule has 31 heavy (non-hydrogen) atoms. The molecule has 4 rings (SSSR count). The van der Waals surface area contributed by atoms with Gasteiger partial charge in [0.1, 0.15) is 18.0 Å². The number of benzene rings is 2. The zero-order chi connectivity index (χ0) is 22.0. The van der Waals surface area contributed by atoms with Gasteiger partial charge in [-0.15, -0.1) is 11.3 Å². The molecule has 1 aromatic heterocycles. The van der Waals surface area contributed by atoms with Crippen molar-refractivity contribution in [3.05, 3.63) is 92.4 Å². The van der Waals surface area contributed by atoms with Gasteiger partial charge in [-0.3, -0.25) is 4.79 Å². The van der Waals surface area contributed by atoms with E-state index in [4.69, 9.17) is 4.74 Å². The van der Waals surface area contributed by atoms with E-state index in [0.29, 0.717) is 25.1 Å². The lowest BCUT2D eigenvalue weighted by molar-refractivity contribution is 0.0688. The van der Waals surface area contributed by atoms with E-state index in [9.17, 15) is 23.9 Å². The first-order chi connectivity index (χ1) is 14.9. The maximum Gasteiger partial charge on any atom is 0.410 e. The third-order valence-electron chi connectivity index (χ3n) is 5.11. The third-order valence-corrected chi connectivity index (χ3v) is 6.06. The Balaban J connectivity index is 1.46. The highest BCUT2D eigenvalue weighted by molar-refractivity contribution is 7.12. The Morgan fingerprint density at radius 3 is 2.61 bits per heavy atom. The van der Waals surface area contributed by atoms with Crippen molar-refractivity contribution in [2.24, 2.45) is 0 Å². The Morgan fingerprint density at radius 1 is 1.10 bits per heavy atom. The number of carboxylic acids is 1. The summed E-state index contributed by atoms with van der Waals surface area (Å²) in [7, 11) is 0. The van der Waals surface area contributed by atoms with Crippen LogP contribution in [0.2, 0.25) is 0 Å². The van der Waals surface area contributed by atoms with Crippen LogP contribution in [-0.2, 0) is 24.3 Å². The third kappa shape index (κ3) is 4.34. The number of nitrogens with zero attached hydrogens (tertiary/aromatic N) is 1. The average molecular weight is 439 g/mol. The van der Waals surface area contributed by atoms with Crippen LogP contribution < -0.4 is 0 Å². The van der Waals surface area contributed by atoms with Crippen LogP contribution in [0.3, 0.4) is 0 Å². The SMILES string of the molecule is O=C(c1ccc2c(c1)CCN(C(=O)OCc1ccccc1)C2)c1scc(F)c1C(=O)O. The van der Waals surface area contributed by atoms with E-state index in [1.54, 1.807) is 23.1 Å². The number of carboxylic acid groups (broad SMARTS) is 1. The fraction of sp³-hybridized carbons (Fsp3) is 0.174. The largest absolute Gasteiger partial charge is 0.478 e. The van der Waals surface area contributed by atoms with Gasteiger partial charge in [-0.2, -0.15) is 0 Å². The quantitative estimate of drug-likeness (QED) is 0.592. The van der Waals surface area contributed by atoms with Crippen LogP contribution in [0.4, 0.5) is 9.18 Å². The molecule has 0 fully saturated rings. The van der Waals surface area contributed by atoms with Crippen LogP contribution >= 0.6 is 11.3 Å². The normalized spacial score (nSPS) is 12.9. The van der Waals surface area contributed by atoms with Crippen molar-refractivity contribution in [3.8, 4) is 0 Å². The molecule has 0 bridgehead atoms. The molecule has 0 aliphatic carbocycles. The summed E-state index contributed by atoms with van der Waals surface area (Å²) >= 11 is 0.778. The number of hydrogen-bond acceptors (Lipinski definition) is 5. The Morgan fingerprint density at radius 2 is 1.87 bits per heavy atom. The van der Waals surface area contributed by atoms with Crippen LogP contribution in [0.5, 0.6) is 0 Å². The minimum absolute atomic E-state index is 0.133. The van der Waals surface area contributed by atoms with Crippen molar-refractivity contribution >= 4 is 29.2 Å². The summed E-state index contributed by atoms with van der Waals surface area (Å²) in [5.74, 6) is -2.91. The van der Waals surface area contributed by atoms with Crippen LogP contribution in [-0.4, -0.2) is 34.4 Å². The summed E-state index contributed by atoms with van der Waals surface area (Å²) in [5.41, 5.74) is 2.38. The highest BCUT2D eigenvalue weighted by atomic mass is 32.1. The Labute approximate surface area is 181 Å². The molecular formula is C23H18FNO5S. The number of amides is 1. The van der Waals surface area contributed by atoms with Gasteiger partial charge in [0, 0.05) is 24.0 Å². The summed E-state index contributed by atoms with van der Waals surface area (Å²) in [6, 6.07) is 14.4. The van der Waals surface area contributed by atoms with Crippen molar-refractivity contribution < 1.29 is 28.6 Å². The molecule has 0 radical (unpaired) electrons. The Kier molecular flexibility index (Phi) is 5.81. The minimum atomic E-state index is -1.47. The number of hydrogen-bond donors (Lipinski definition) is 1. The number of thiophene rings is 1. The van der Waals surface area contributed by atoms with E-state index in [1.807, 2.05) is 30.3 Å². The number of carbonyl (C=O) groups is 3. The first kappa shape index (κ1) is 20.7.